The molecule has 2 rings (SSSR count). The van der Waals surface area contributed by atoms with Gasteiger partial charge in [-0.3, -0.25) is 4.79 Å². The second-order valence-electron chi connectivity index (χ2n) is 3.61. The predicted octanol–water partition coefficient (Wildman–Crippen LogP) is 3.79. The molecular formula is C12H10Br2N2OS. The van der Waals surface area contributed by atoms with E-state index in [1.165, 1.54) is 0 Å². The fourth-order valence-corrected chi connectivity index (χ4v) is 3.23. The lowest BCUT2D eigenvalue weighted by Crippen LogP contribution is -2.23. The van der Waals surface area contributed by atoms with Crippen molar-refractivity contribution in [1.82, 2.24) is 5.32 Å². The fourth-order valence-electron chi connectivity index (χ4n) is 1.43. The summed E-state index contributed by atoms with van der Waals surface area (Å²) in [5.41, 5.74) is 6.74. The molecule has 94 valence electrons. The number of thiophene rings is 1. The molecule has 0 saturated heterocycles. The minimum absolute atomic E-state index is 0.172. The zero-order valence-electron chi connectivity index (χ0n) is 9.24. The highest BCUT2D eigenvalue weighted by atomic mass is 79.9. The van der Waals surface area contributed by atoms with Gasteiger partial charge in [-0.1, -0.05) is 15.9 Å². The molecule has 3 nitrogen and oxygen atoms in total. The molecule has 0 aliphatic rings. The van der Waals surface area contributed by atoms with Crippen molar-refractivity contribution in [2.45, 2.75) is 6.54 Å². The van der Waals surface area contributed by atoms with Crippen LogP contribution in [0.3, 0.4) is 0 Å². The van der Waals surface area contributed by atoms with Gasteiger partial charge in [0.25, 0.3) is 5.91 Å². The number of hydrogen-bond donors (Lipinski definition) is 2. The fraction of sp³-hybridized carbons (Fsp3) is 0.0833. The molecule has 0 unspecified atom stereocenters. The highest BCUT2D eigenvalue weighted by Crippen LogP contribution is 2.23. The maximum atomic E-state index is 12.0. The highest BCUT2D eigenvalue weighted by molar-refractivity contribution is 9.10. The number of rotatable bonds is 3. The number of hydrogen-bond acceptors (Lipinski definition) is 3. The van der Waals surface area contributed by atoms with Crippen LogP contribution >= 0.6 is 43.2 Å². The number of benzene rings is 1. The van der Waals surface area contributed by atoms with E-state index in [0.717, 1.165) is 13.8 Å². The van der Waals surface area contributed by atoms with Crippen LogP contribution in [0, 0.1) is 0 Å². The van der Waals surface area contributed by atoms with Crippen LogP contribution in [0.25, 0.3) is 0 Å². The van der Waals surface area contributed by atoms with Crippen molar-refractivity contribution < 1.29 is 4.79 Å². The van der Waals surface area contributed by atoms with Gasteiger partial charge in [-0.05, 0) is 45.6 Å². The summed E-state index contributed by atoms with van der Waals surface area (Å²) in [6.07, 6.45) is 0. The van der Waals surface area contributed by atoms with Gasteiger partial charge < -0.3 is 11.1 Å². The Hall–Kier alpha value is -0.850. The SMILES string of the molecule is Nc1ccc(Br)cc1C(=O)NCc1sccc1Br. The van der Waals surface area contributed by atoms with E-state index in [9.17, 15) is 4.79 Å². The quantitative estimate of drug-likeness (QED) is 0.784. The molecular weight excluding hydrogens is 380 g/mol. The van der Waals surface area contributed by atoms with Crippen molar-refractivity contribution in [2.75, 3.05) is 5.73 Å². The molecule has 6 heteroatoms. The number of nitrogen functional groups attached to an aromatic ring is 1. The summed E-state index contributed by atoms with van der Waals surface area (Å²) < 4.78 is 1.84. The molecule has 1 aromatic carbocycles. The van der Waals surface area contributed by atoms with Crippen LogP contribution in [-0.2, 0) is 6.54 Å². The molecule has 3 N–H and O–H groups in total. The lowest BCUT2D eigenvalue weighted by atomic mass is 10.1. The van der Waals surface area contributed by atoms with Gasteiger partial charge in [-0.2, -0.15) is 0 Å². The van der Waals surface area contributed by atoms with Gasteiger partial charge in [-0.15, -0.1) is 11.3 Å². The standard InChI is InChI=1S/C12H10Br2N2OS/c13-7-1-2-10(15)8(5-7)12(17)16-6-11-9(14)3-4-18-11/h1-5H,6,15H2,(H,16,17). The number of carbonyl (C=O) groups is 1. The normalized spacial score (nSPS) is 10.3. The lowest BCUT2D eigenvalue weighted by Gasteiger charge is -2.07. The molecule has 0 bridgehead atoms. The number of nitrogens with one attached hydrogen (secondary N) is 1. The Labute approximate surface area is 126 Å². The molecule has 0 aliphatic heterocycles. The van der Waals surface area contributed by atoms with Crippen LogP contribution in [0.1, 0.15) is 15.2 Å². The van der Waals surface area contributed by atoms with E-state index in [2.05, 4.69) is 37.2 Å². The average Bonchev–Trinajstić information content (AvgIpc) is 2.75. The van der Waals surface area contributed by atoms with E-state index in [1.54, 1.807) is 23.5 Å². The van der Waals surface area contributed by atoms with Crippen molar-refractivity contribution in [3.63, 3.8) is 0 Å². The molecule has 0 aliphatic carbocycles. The zero-order valence-corrected chi connectivity index (χ0v) is 13.2. The van der Waals surface area contributed by atoms with Crippen LogP contribution in [0.2, 0.25) is 0 Å². The predicted molar refractivity (Wildman–Crippen MR) is 81.7 cm³/mol. The minimum Gasteiger partial charge on any atom is -0.398 e. The lowest BCUT2D eigenvalue weighted by molar-refractivity contribution is 0.0952. The van der Waals surface area contributed by atoms with Crippen molar-refractivity contribution in [1.29, 1.82) is 0 Å². The summed E-state index contributed by atoms with van der Waals surface area (Å²) >= 11 is 8.34. The molecule has 0 radical (unpaired) electrons. The summed E-state index contributed by atoms with van der Waals surface area (Å²) in [6.45, 7) is 0.489. The monoisotopic (exact) mass is 388 g/mol. The van der Waals surface area contributed by atoms with Gasteiger partial charge in [0.15, 0.2) is 0 Å². The van der Waals surface area contributed by atoms with E-state index < -0.39 is 0 Å². The summed E-state index contributed by atoms with van der Waals surface area (Å²) in [6, 6.07) is 7.19. The number of halogens is 2. The van der Waals surface area contributed by atoms with Crippen molar-refractivity contribution in [3.05, 3.63) is 49.0 Å². The first-order valence-electron chi connectivity index (χ1n) is 5.13. The second-order valence-corrected chi connectivity index (χ2v) is 6.38. The van der Waals surface area contributed by atoms with Crippen LogP contribution in [-0.4, -0.2) is 5.91 Å². The van der Waals surface area contributed by atoms with E-state index in [4.69, 9.17) is 5.73 Å². The topological polar surface area (TPSA) is 55.1 Å². The Morgan fingerprint density at radius 1 is 1.33 bits per heavy atom. The number of nitrogens with two attached hydrogens (primary N) is 1. The van der Waals surface area contributed by atoms with Gasteiger partial charge in [-0.25, -0.2) is 0 Å². The summed E-state index contributed by atoms with van der Waals surface area (Å²) in [4.78, 5) is 13.1. The van der Waals surface area contributed by atoms with Crippen molar-refractivity contribution in [3.8, 4) is 0 Å². The Kier molecular flexibility index (Phi) is 4.42. The molecule has 0 saturated carbocycles. The molecule has 1 heterocycles. The first-order chi connectivity index (χ1) is 8.58. The van der Waals surface area contributed by atoms with Crippen LogP contribution in [0.4, 0.5) is 5.69 Å². The van der Waals surface area contributed by atoms with Crippen molar-refractivity contribution in [2.24, 2.45) is 0 Å². The summed E-state index contributed by atoms with van der Waals surface area (Å²) in [5, 5.41) is 4.82. The largest absolute Gasteiger partial charge is 0.398 e. The van der Waals surface area contributed by atoms with Gasteiger partial charge in [0.1, 0.15) is 0 Å². The molecule has 0 spiro atoms. The first-order valence-corrected chi connectivity index (χ1v) is 7.59. The highest BCUT2D eigenvalue weighted by Gasteiger charge is 2.11. The molecule has 0 atom stereocenters. The van der Waals surface area contributed by atoms with E-state index in [1.807, 2.05) is 17.5 Å². The van der Waals surface area contributed by atoms with Gasteiger partial charge in [0.2, 0.25) is 0 Å². The number of carbonyl (C=O) groups excluding carboxylic acids is 1. The first kappa shape index (κ1) is 13.6. The number of amides is 1. The van der Waals surface area contributed by atoms with E-state index >= 15 is 0 Å². The zero-order chi connectivity index (χ0) is 13.1. The van der Waals surface area contributed by atoms with Gasteiger partial charge >= 0.3 is 0 Å². The van der Waals surface area contributed by atoms with Gasteiger partial charge in [0, 0.05) is 19.5 Å². The molecule has 0 fully saturated rings. The van der Waals surface area contributed by atoms with Gasteiger partial charge in [0.05, 0.1) is 12.1 Å². The number of anilines is 1. The molecule has 2 aromatic rings. The van der Waals surface area contributed by atoms with Crippen LogP contribution in [0.5, 0.6) is 0 Å². The Morgan fingerprint density at radius 2 is 2.11 bits per heavy atom. The Bertz CT molecular complexity index is 583. The van der Waals surface area contributed by atoms with E-state index in [-0.39, 0.29) is 5.91 Å². The summed E-state index contributed by atoms with van der Waals surface area (Å²) in [5.74, 6) is -0.172. The molecule has 1 aromatic heterocycles. The Balaban J connectivity index is 2.08. The third-order valence-electron chi connectivity index (χ3n) is 2.36. The molecule has 18 heavy (non-hydrogen) atoms. The summed E-state index contributed by atoms with van der Waals surface area (Å²) in [7, 11) is 0. The van der Waals surface area contributed by atoms with Crippen LogP contribution in [0.15, 0.2) is 38.6 Å². The smallest absolute Gasteiger partial charge is 0.253 e. The minimum atomic E-state index is -0.172. The third kappa shape index (κ3) is 3.13. The maximum absolute atomic E-state index is 12.0. The molecule has 1 amide bonds. The average molecular weight is 390 g/mol. The van der Waals surface area contributed by atoms with Crippen LogP contribution < -0.4 is 11.1 Å². The third-order valence-corrected chi connectivity index (χ3v) is 4.78. The van der Waals surface area contributed by atoms with E-state index in [0.29, 0.717) is 17.8 Å². The van der Waals surface area contributed by atoms with Crippen molar-refractivity contribution >= 4 is 54.8 Å². The maximum Gasteiger partial charge on any atom is 0.253 e. The Morgan fingerprint density at radius 3 is 2.78 bits per heavy atom. The second kappa shape index (κ2) is 5.86.